The van der Waals surface area contributed by atoms with E-state index in [0.29, 0.717) is 17.3 Å². The van der Waals surface area contributed by atoms with E-state index in [4.69, 9.17) is 18.2 Å². The van der Waals surface area contributed by atoms with Gasteiger partial charge in [0, 0.05) is 29.8 Å². The van der Waals surface area contributed by atoms with Crippen molar-refractivity contribution in [3.05, 3.63) is 70.0 Å². The smallest absolute Gasteiger partial charge is 0.363 e. The maximum atomic E-state index is 13.4. The van der Waals surface area contributed by atoms with Crippen LogP contribution in [0.3, 0.4) is 0 Å². The van der Waals surface area contributed by atoms with Crippen LogP contribution in [0.2, 0.25) is 5.02 Å². The van der Waals surface area contributed by atoms with E-state index in [2.05, 4.69) is 9.74 Å². The van der Waals surface area contributed by atoms with Gasteiger partial charge in [0.1, 0.15) is 0 Å². The minimum atomic E-state index is -4.57. The number of halogens is 4. The van der Waals surface area contributed by atoms with Crippen LogP contribution in [0.25, 0.3) is 4.85 Å². The van der Waals surface area contributed by atoms with Crippen molar-refractivity contribution in [3.63, 3.8) is 0 Å². The zero-order chi connectivity index (χ0) is 19.6. The SMILES string of the molecule is [C-]#[N+]c1ccc(N(Cc2ccccc2Cl)[C@H]2CCN(C)C2)cc1C(F)(F)F. The molecule has 2 aromatic carbocycles. The summed E-state index contributed by atoms with van der Waals surface area (Å²) >= 11 is 6.29. The van der Waals surface area contributed by atoms with E-state index in [1.807, 2.05) is 30.1 Å². The summed E-state index contributed by atoms with van der Waals surface area (Å²) in [6.45, 7) is 9.09. The highest BCUT2D eigenvalue weighted by Crippen LogP contribution is 2.40. The molecule has 27 heavy (non-hydrogen) atoms. The van der Waals surface area contributed by atoms with E-state index in [9.17, 15) is 13.2 Å². The molecule has 0 unspecified atom stereocenters. The van der Waals surface area contributed by atoms with Crippen molar-refractivity contribution in [1.82, 2.24) is 4.90 Å². The number of anilines is 1. The molecular formula is C20H19ClF3N3. The number of rotatable bonds is 4. The first-order valence-electron chi connectivity index (χ1n) is 8.57. The van der Waals surface area contributed by atoms with Crippen LogP contribution in [0.4, 0.5) is 24.5 Å². The summed E-state index contributed by atoms with van der Waals surface area (Å²) in [5, 5.41) is 0.586. The predicted octanol–water partition coefficient (Wildman–Crippen LogP) is 5.62. The summed E-state index contributed by atoms with van der Waals surface area (Å²) in [6.07, 6.45) is -3.72. The van der Waals surface area contributed by atoms with Crippen molar-refractivity contribution in [1.29, 1.82) is 0 Å². The second-order valence-electron chi connectivity index (χ2n) is 6.74. The zero-order valence-electron chi connectivity index (χ0n) is 14.8. The number of hydrogen-bond donors (Lipinski definition) is 0. The molecule has 0 aliphatic carbocycles. The summed E-state index contributed by atoms with van der Waals surface area (Å²) in [4.78, 5) is 7.15. The molecule has 0 aromatic heterocycles. The lowest BCUT2D eigenvalue weighted by molar-refractivity contribution is -0.136. The van der Waals surface area contributed by atoms with Crippen LogP contribution >= 0.6 is 11.6 Å². The maximum Gasteiger partial charge on any atom is 0.407 e. The molecule has 0 spiro atoms. The van der Waals surface area contributed by atoms with E-state index >= 15 is 0 Å². The summed E-state index contributed by atoms with van der Waals surface area (Å²) in [5.41, 5.74) is 0.0319. The summed E-state index contributed by atoms with van der Waals surface area (Å²) in [7, 11) is 2.00. The molecule has 2 aromatic rings. The van der Waals surface area contributed by atoms with Crippen LogP contribution < -0.4 is 4.90 Å². The Kier molecular flexibility index (Phi) is 5.64. The fourth-order valence-corrected chi connectivity index (χ4v) is 3.63. The Morgan fingerprint density at radius 3 is 2.59 bits per heavy atom. The second-order valence-corrected chi connectivity index (χ2v) is 7.14. The lowest BCUT2D eigenvalue weighted by Crippen LogP contribution is -2.37. The zero-order valence-corrected chi connectivity index (χ0v) is 15.6. The molecule has 0 saturated carbocycles. The van der Waals surface area contributed by atoms with E-state index in [1.54, 1.807) is 12.1 Å². The van der Waals surface area contributed by atoms with Crippen molar-refractivity contribution >= 4 is 23.0 Å². The maximum absolute atomic E-state index is 13.4. The number of nitrogens with zero attached hydrogens (tertiary/aromatic N) is 3. The Bertz CT molecular complexity index is 860. The van der Waals surface area contributed by atoms with Gasteiger partial charge in [-0.2, -0.15) is 13.2 Å². The van der Waals surface area contributed by atoms with Gasteiger partial charge in [-0.3, -0.25) is 0 Å². The first kappa shape index (κ1) is 19.5. The number of likely N-dealkylation sites (tertiary alicyclic amines) is 1. The highest BCUT2D eigenvalue weighted by molar-refractivity contribution is 6.31. The molecule has 1 aliphatic heterocycles. The molecule has 0 bridgehead atoms. The van der Waals surface area contributed by atoms with Gasteiger partial charge in [-0.25, -0.2) is 4.85 Å². The van der Waals surface area contributed by atoms with Gasteiger partial charge in [0.05, 0.1) is 12.1 Å². The largest absolute Gasteiger partial charge is 0.407 e. The van der Waals surface area contributed by atoms with Crippen LogP contribution in [0.15, 0.2) is 42.5 Å². The van der Waals surface area contributed by atoms with Crippen molar-refractivity contribution in [2.24, 2.45) is 0 Å². The average molecular weight is 394 g/mol. The van der Waals surface area contributed by atoms with Gasteiger partial charge in [0.25, 0.3) is 0 Å². The number of benzene rings is 2. The normalized spacial score (nSPS) is 17.7. The molecule has 0 amide bonds. The average Bonchev–Trinajstić information content (AvgIpc) is 3.06. The Balaban J connectivity index is 2.03. The third kappa shape index (κ3) is 4.37. The van der Waals surface area contributed by atoms with Crippen molar-refractivity contribution < 1.29 is 13.2 Å². The number of likely N-dealkylation sites (N-methyl/N-ethyl adjacent to an activating group) is 1. The lowest BCUT2D eigenvalue weighted by atomic mass is 10.1. The molecule has 1 saturated heterocycles. The van der Waals surface area contributed by atoms with Gasteiger partial charge in [0.2, 0.25) is 0 Å². The molecular weight excluding hydrogens is 375 g/mol. The molecule has 1 atom stereocenters. The van der Waals surface area contributed by atoms with Gasteiger partial charge >= 0.3 is 6.18 Å². The first-order chi connectivity index (χ1) is 12.8. The standard InChI is InChI=1S/C20H19ClF3N3/c1-25-19-8-7-15(11-17(19)20(22,23)24)27(16-9-10-26(2)13-16)12-14-5-3-4-6-18(14)21/h3-8,11,16H,9-10,12-13H2,2H3/t16-/m0/s1. The summed E-state index contributed by atoms with van der Waals surface area (Å²) < 4.78 is 40.3. The van der Waals surface area contributed by atoms with Gasteiger partial charge in [-0.05, 0) is 43.8 Å². The molecule has 3 nitrogen and oxygen atoms in total. The van der Waals surface area contributed by atoms with Crippen molar-refractivity contribution in [2.75, 3.05) is 25.0 Å². The van der Waals surface area contributed by atoms with E-state index < -0.39 is 11.7 Å². The second kappa shape index (κ2) is 7.79. The molecule has 7 heteroatoms. The Morgan fingerprint density at radius 2 is 2.00 bits per heavy atom. The topological polar surface area (TPSA) is 10.8 Å². The van der Waals surface area contributed by atoms with Crippen molar-refractivity contribution in [3.8, 4) is 0 Å². The summed E-state index contributed by atoms with van der Waals surface area (Å²) in [6, 6.07) is 11.4. The third-order valence-electron chi connectivity index (χ3n) is 4.84. The first-order valence-corrected chi connectivity index (χ1v) is 8.94. The molecule has 0 radical (unpaired) electrons. The van der Waals surface area contributed by atoms with Crippen LogP contribution in [-0.4, -0.2) is 31.1 Å². The van der Waals surface area contributed by atoms with Crippen LogP contribution in [0, 0.1) is 6.57 Å². The van der Waals surface area contributed by atoms with Gasteiger partial charge in [-0.1, -0.05) is 35.9 Å². The Hall–Kier alpha value is -2.23. The molecule has 3 rings (SSSR count). The quantitative estimate of drug-likeness (QED) is 0.624. The fraction of sp³-hybridized carbons (Fsp3) is 0.350. The molecule has 1 aliphatic rings. The van der Waals surface area contributed by atoms with Crippen LogP contribution in [0.1, 0.15) is 17.5 Å². The minimum Gasteiger partial charge on any atom is -0.363 e. The van der Waals surface area contributed by atoms with Gasteiger partial charge in [0.15, 0.2) is 5.69 Å². The Labute approximate surface area is 161 Å². The summed E-state index contributed by atoms with van der Waals surface area (Å²) in [5.74, 6) is 0. The van der Waals surface area contributed by atoms with Crippen LogP contribution in [-0.2, 0) is 12.7 Å². The van der Waals surface area contributed by atoms with Crippen LogP contribution in [0.5, 0.6) is 0 Å². The number of alkyl halides is 3. The van der Waals surface area contributed by atoms with Gasteiger partial charge < -0.3 is 9.80 Å². The molecule has 0 N–H and O–H groups in total. The minimum absolute atomic E-state index is 0.0751. The van der Waals surface area contributed by atoms with Gasteiger partial charge in [-0.15, -0.1) is 0 Å². The number of hydrogen-bond acceptors (Lipinski definition) is 2. The molecule has 142 valence electrons. The lowest BCUT2D eigenvalue weighted by Gasteiger charge is -2.32. The highest BCUT2D eigenvalue weighted by Gasteiger charge is 2.35. The predicted molar refractivity (Wildman–Crippen MR) is 101 cm³/mol. The van der Waals surface area contributed by atoms with E-state index in [1.165, 1.54) is 6.07 Å². The van der Waals surface area contributed by atoms with E-state index in [0.717, 1.165) is 31.1 Å². The highest BCUT2D eigenvalue weighted by atomic mass is 35.5. The fourth-order valence-electron chi connectivity index (χ4n) is 3.43. The third-order valence-corrected chi connectivity index (χ3v) is 5.21. The van der Waals surface area contributed by atoms with E-state index in [-0.39, 0.29) is 11.7 Å². The molecule has 1 fully saturated rings. The monoisotopic (exact) mass is 393 g/mol. The molecule has 1 heterocycles. The Morgan fingerprint density at radius 1 is 1.26 bits per heavy atom. The van der Waals surface area contributed by atoms with Crippen molar-refractivity contribution in [2.45, 2.75) is 25.2 Å².